The van der Waals surface area contributed by atoms with E-state index in [2.05, 4.69) is 6.58 Å². The van der Waals surface area contributed by atoms with Crippen molar-refractivity contribution in [3.63, 3.8) is 0 Å². The monoisotopic (exact) mass is 116 g/mol. The number of hydrogen-bond acceptors (Lipinski definition) is 3. The maximum Gasteiger partial charge on any atom is 0.266 e. The van der Waals surface area contributed by atoms with Gasteiger partial charge in [-0.2, -0.15) is 0 Å². The predicted octanol–water partition coefficient (Wildman–Crippen LogP) is 0.124. The first-order chi connectivity index (χ1) is 3.68. The average molecular weight is 116 g/mol. The fourth-order valence-corrected chi connectivity index (χ4v) is 0.257. The Balaban J connectivity index is 3.46. The molecule has 0 aromatic carbocycles. The molecule has 4 nitrogen and oxygen atoms in total. The summed E-state index contributed by atoms with van der Waals surface area (Å²) in [6.07, 6.45) is 0.674. The zero-order chi connectivity index (χ0) is 6.57. The van der Waals surface area contributed by atoms with Crippen molar-refractivity contribution < 1.29 is 4.92 Å². The second-order valence-corrected chi connectivity index (χ2v) is 1.38. The highest BCUT2D eigenvalue weighted by Gasteiger charge is 2.08. The Morgan fingerprint density at radius 1 is 2.00 bits per heavy atom. The summed E-state index contributed by atoms with van der Waals surface area (Å²) in [6, 6.07) is 0. The molecule has 0 aliphatic rings. The molecule has 8 heavy (non-hydrogen) atoms. The number of nitro groups is 1. The predicted molar refractivity (Wildman–Crippen MR) is 29.8 cm³/mol. The van der Waals surface area contributed by atoms with E-state index in [1.165, 1.54) is 6.08 Å². The second kappa shape index (κ2) is 3.15. The summed E-state index contributed by atoms with van der Waals surface area (Å²) in [5.74, 6) is 0. The molecule has 0 aliphatic heterocycles. The maximum absolute atomic E-state index is 9.72. The first kappa shape index (κ1) is 7.10. The number of nitrogens with zero attached hydrogens (tertiary/aromatic N) is 1. The molecule has 4 heteroatoms. The van der Waals surface area contributed by atoms with Crippen LogP contribution in [0.15, 0.2) is 12.7 Å². The van der Waals surface area contributed by atoms with Crippen LogP contribution in [0.1, 0.15) is 6.42 Å². The van der Waals surface area contributed by atoms with E-state index in [-0.39, 0.29) is 6.42 Å². The van der Waals surface area contributed by atoms with Crippen LogP contribution in [-0.2, 0) is 0 Å². The van der Waals surface area contributed by atoms with E-state index in [0.717, 1.165) is 0 Å². The standard InChI is InChI=1S/C4H8N2O2/c1-2-3-4(5)6(7)8/h2,4H,1,3,5H2. The second-order valence-electron chi connectivity index (χ2n) is 1.38. The quantitative estimate of drug-likeness (QED) is 0.246. The molecular formula is C4H8N2O2. The Hall–Kier alpha value is -0.900. The molecule has 0 rings (SSSR count). The Morgan fingerprint density at radius 2 is 2.50 bits per heavy atom. The average Bonchev–Trinajstić information content (AvgIpc) is 1.67. The minimum Gasteiger partial charge on any atom is -0.268 e. The molecule has 0 heterocycles. The van der Waals surface area contributed by atoms with Crippen LogP contribution in [0.3, 0.4) is 0 Å². The van der Waals surface area contributed by atoms with Gasteiger partial charge in [-0.3, -0.25) is 15.8 Å². The van der Waals surface area contributed by atoms with E-state index in [4.69, 9.17) is 5.73 Å². The van der Waals surface area contributed by atoms with Crippen LogP contribution in [0.5, 0.6) is 0 Å². The third-order valence-electron chi connectivity index (χ3n) is 0.679. The molecule has 0 aromatic heterocycles. The molecule has 1 atom stereocenters. The van der Waals surface area contributed by atoms with Crippen molar-refractivity contribution >= 4 is 0 Å². The normalized spacial score (nSPS) is 12.6. The highest BCUT2D eigenvalue weighted by Crippen LogP contribution is 1.86. The lowest BCUT2D eigenvalue weighted by molar-refractivity contribution is -0.520. The van der Waals surface area contributed by atoms with Crippen molar-refractivity contribution in [2.45, 2.75) is 12.6 Å². The van der Waals surface area contributed by atoms with E-state index < -0.39 is 11.1 Å². The van der Waals surface area contributed by atoms with Crippen molar-refractivity contribution in [2.24, 2.45) is 5.73 Å². The molecule has 0 spiro atoms. The zero-order valence-corrected chi connectivity index (χ0v) is 4.41. The molecule has 0 amide bonds. The highest BCUT2D eigenvalue weighted by atomic mass is 16.6. The van der Waals surface area contributed by atoms with Gasteiger partial charge in [0.15, 0.2) is 0 Å². The summed E-state index contributed by atoms with van der Waals surface area (Å²) in [7, 11) is 0. The summed E-state index contributed by atoms with van der Waals surface area (Å²) < 4.78 is 0. The number of nitrogens with two attached hydrogens (primary N) is 1. The van der Waals surface area contributed by atoms with Gasteiger partial charge in [0, 0.05) is 11.3 Å². The Kier molecular flexibility index (Phi) is 2.79. The molecule has 0 saturated carbocycles. The van der Waals surface area contributed by atoms with Crippen LogP contribution < -0.4 is 5.73 Å². The molecule has 0 saturated heterocycles. The SMILES string of the molecule is C=CCC(N)[N+](=O)[O-]. The van der Waals surface area contributed by atoms with Crippen LogP contribution in [0.2, 0.25) is 0 Å². The Morgan fingerprint density at radius 3 is 2.62 bits per heavy atom. The van der Waals surface area contributed by atoms with Crippen molar-refractivity contribution in [3.05, 3.63) is 22.8 Å². The summed E-state index contributed by atoms with van der Waals surface area (Å²) in [4.78, 5) is 9.18. The first-order valence-corrected chi connectivity index (χ1v) is 2.18. The van der Waals surface area contributed by atoms with Gasteiger partial charge in [0.1, 0.15) is 0 Å². The lowest BCUT2D eigenvalue weighted by Gasteiger charge is -1.95. The number of rotatable bonds is 3. The molecule has 2 N–H and O–H groups in total. The molecule has 0 bridgehead atoms. The smallest absolute Gasteiger partial charge is 0.266 e. The van der Waals surface area contributed by atoms with Gasteiger partial charge >= 0.3 is 0 Å². The number of hydrogen-bond donors (Lipinski definition) is 1. The molecule has 0 aromatic rings. The van der Waals surface area contributed by atoms with Crippen molar-refractivity contribution in [3.8, 4) is 0 Å². The van der Waals surface area contributed by atoms with Crippen LogP contribution in [0, 0.1) is 10.1 Å². The maximum atomic E-state index is 9.72. The lowest BCUT2D eigenvalue weighted by Crippen LogP contribution is -2.28. The minimum atomic E-state index is -0.979. The minimum absolute atomic E-state index is 0.229. The largest absolute Gasteiger partial charge is 0.268 e. The van der Waals surface area contributed by atoms with Crippen LogP contribution in [-0.4, -0.2) is 11.1 Å². The van der Waals surface area contributed by atoms with E-state index in [1.54, 1.807) is 0 Å². The van der Waals surface area contributed by atoms with Gasteiger partial charge in [0.25, 0.3) is 6.17 Å². The first-order valence-electron chi connectivity index (χ1n) is 2.18. The van der Waals surface area contributed by atoms with Crippen LogP contribution >= 0.6 is 0 Å². The van der Waals surface area contributed by atoms with E-state index in [9.17, 15) is 10.1 Å². The van der Waals surface area contributed by atoms with Gasteiger partial charge in [0.05, 0.1) is 0 Å². The van der Waals surface area contributed by atoms with Crippen molar-refractivity contribution in [1.82, 2.24) is 0 Å². The molecule has 1 unspecified atom stereocenters. The molecule has 0 aliphatic carbocycles. The van der Waals surface area contributed by atoms with Crippen molar-refractivity contribution in [2.75, 3.05) is 0 Å². The van der Waals surface area contributed by atoms with E-state index in [0.29, 0.717) is 0 Å². The van der Waals surface area contributed by atoms with Crippen molar-refractivity contribution in [1.29, 1.82) is 0 Å². The Labute approximate surface area is 47.1 Å². The van der Waals surface area contributed by atoms with Gasteiger partial charge in [-0.15, -0.1) is 6.58 Å². The van der Waals surface area contributed by atoms with Gasteiger partial charge in [-0.05, 0) is 0 Å². The zero-order valence-electron chi connectivity index (χ0n) is 4.41. The van der Waals surface area contributed by atoms with E-state index >= 15 is 0 Å². The Bertz CT molecular complexity index is 102. The van der Waals surface area contributed by atoms with Crippen LogP contribution in [0.4, 0.5) is 0 Å². The van der Waals surface area contributed by atoms with Crippen LogP contribution in [0.25, 0.3) is 0 Å². The fraction of sp³-hybridized carbons (Fsp3) is 0.500. The summed E-state index contributed by atoms with van der Waals surface area (Å²) >= 11 is 0. The molecule has 46 valence electrons. The van der Waals surface area contributed by atoms with Gasteiger partial charge < -0.3 is 0 Å². The van der Waals surface area contributed by atoms with E-state index in [1.807, 2.05) is 0 Å². The summed E-state index contributed by atoms with van der Waals surface area (Å²) in [6.45, 7) is 3.30. The third-order valence-corrected chi connectivity index (χ3v) is 0.679. The molecule has 0 radical (unpaired) electrons. The van der Waals surface area contributed by atoms with Gasteiger partial charge in [-0.25, -0.2) is 0 Å². The summed E-state index contributed by atoms with van der Waals surface area (Å²) in [5, 5.41) is 9.72. The topological polar surface area (TPSA) is 69.2 Å². The lowest BCUT2D eigenvalue weighted by atomic mass is 10.4. The summed E-state index contributed by atoms with van der Waals surface area (Å²) in [5.41, 5.74) is 4.96. The third kappa shape index (κ3) is 2.30. The van der Waals surface area contributed by atoms with Gasteiger partial charge in [-0.1, -0.05) is 6.08 Å². The molecular weight excluding hydrogens is 108 g/mol. The fourth-order valence-electron chi connectivity index (χ4n) is 0.257. The molecule has 0 fully saturated rings. The van der Waals surface area contributed by atoms with Gasteiger partial charge in [0.2, 0.25) is 0 Å². The highest BCUT2D eigenvalue weighted by molar-refractivity contribution is 4.68.